The number of carbonyl (C=O) groups is 1. The van der Waals surface area contributed by atoms with Crippen molar-refractivity contribution in [2.24, 2.45) is 0 Å². The van der Waals surface area contributed by atoms with Gasteiger partial charge >= 0.3 is 0 Å². The first-order valence-electron chi connectivity index (χ1n) is 9.62. The summed E-state index contributed by atoms with van der Waals surface area (Å²) in [5.41, 5.74) is 2.84. The van der Waals surface area contributed by atoms with E-state index in [1.807, 2.05) is 30.3 Å². The second-order valence-electron chi connectivity index (χ2n) is 7.05. The van der Waals surface area contributed by atoms with E-state index in [9.17, 15) is 4.79 Å². The van der Waals surface area contributed by atoms with Crippen LogP contribution >= 0.6 is 0 Å². The Hall–Kier alpha value is -2.95. The second-order valence-corrected chi connectivity index (χ2v) is 7.05. The van der Waals surface area contributed by atoms with Crippen LogP contribution in [0.5, 0.6) is 0 Å². The zero-order valence-electron chi connectivity index (χ0n) is 15.3. The molecule has 1 aromatic heterocycles. The van der Waals surface area contributed by atoms with E-state index in [0.29, 0.717) is 11.4 Å². The van der Waals surface area contributed by atoms with Gasteiger partial charge in [-0.15, -0.1) is 0 Å². The van der Waals surface area contributed by atoms with Crippen LogP contribution in [0.1, 0.15) is 41.6 Å². The monoisotopic (exact) mass is 360 g/mol. The van der Waals surface area contributed by atoms with E-state index < -0.39 is 0 Å². The summed E-state index contributed by atoms with van der Waals surface area (Å²) in [7, 11) is 0. The SMILES string of the molecule is O=C(c1ccccc1-c1ncn[nH]1)N1CCCC[C@@H]1CCc1ccccc1. The van der Waals surface area contributed by atoms with Crippen LogP contribution in [-0.4, -0.2) is 38.6 Å². The molecule has 0 saturated carbocycles. The van der Waals surface area contributed by atoms with Gasteiger partial charge in [0.15, 0.2) is 5.82 Å². The number of nitrogens with zero attached hydrogens (tertiary/aromatic N) is 3. The van der Waals surface area contributed by atoms with Crippen molar-refractivity contribution < 1.29 is 4.79 Å². The van der Waals surface area contributed by atoms with Crippen LogP contribution < -0.4 is 0 Å². The van der Waals surface area contributed by atoms with Crippen LogP contribution in [-0.2, 0) is 6.42 Å². The van der Waals surface area contributed by atoms with Gasteiger partial charge in [-0.2, -0.15) is 5.10 Å². The molecule has 4 rings (SSSR count). The zero-order chi connectivity index (χ0) is 18.5. The summed E-state index contributed by atoms with van der Waals surface area (Å²) in [5.74, 6) is 0.733. The summed E-state index contributed by atoms with van der Waals surface area (Å²) in [5, 5.41) is 6.81. The van der Waals surface area contributed by atoms with E-state index in [1.54, 1.807) is 0 Å². The van der Waals surface area contributed by atoms with Gasteiger partial charge in [0.25, 0.3) is 5.91 Å². The summed E-state index contributed by atoms with van der Waals surface area (Å²) < 4.78 is 0. The number of carbonyl (C=O) groups excluding carboxylic acids is 1. The highest BCUT2D eigenvalue weighted by molar-refractivity contribution is 6.00. The Labute approximate surface area is 159 Å². The average molecular weight is 360 g/mol. The zero-order valence-corrected chi connectivity index (χ0v) is 15.3. The number of piperidine rings is 1. The molecule has 5 heteroatoms. The van der Waals surface area contributed by atoms with E-state index >= 15 is 0 Å². The fraction of sp³-hybridized carbons (Fsp3) is 0.318. The summed E-state index contributed by atoms with van der Waals surface area (Å²) in [6.07, 6.45) is 6.80. The quantitative estimate of drug-likeness (QED) is 0.745. The minimum Gasteiger partial charge on any atom is -0.336 e. The topological polar surface area (TPSA) is 61.9 Å². The number of aromatic amines is 1. The van der Waals surface area contributed by atoms with Crippen LogP contribution in [0.15, 0.2) is 60.9 Å². The Morgan fingerprint density at radius 3 is 2.70 bits per heavy atom. The van der Waals surface area contributed by atoms with Crippen LogP contribution in [0.4, 0.5) is 0 Å². The molecule has 27 heavy (non-hydrogen) atoms. The molecule has 1 amide bonds. The van der Waals surface area contributed by atoms with Crippen molar-refractivity contribution in [3.05, 3.63) is 72.1 Å². The van der Waals surface area contributed by atoms with Gasteiger partial charge in [0.2, 0.25) is 0 Å². The average Bonchev–Trinajstić information content (AvgIpc) is 3.27. The number of H-pyrrole nitrogens is 1. The molecule has 0 bridgehead atoms. The lowest BCUT2D eigenvalue weighted by molar-refractivity contribution is 0.0602. The maximum atomic E-state index is 13.4. The number of aromatic nitrogens is 3. The van der Waals surface area contributed by atoms with Crippen molar-refractivity contribution in [2.75, 3.05) is 6.54 Å². The summed E-state index contributed by atoms with van der Waals surface area (Å²) in [6, 6.07) is 18.5. The van der Waals surface area contributed by atoms with Crippen molar-refractivity contribution in [2.45, 2.75) is 38.1 Å². The van der Waals surface area contributed by atoms with Gasteiger partial charge in [0.1, 0.15) is 6.33 Å². The third-order valence-corrected chi connectivity index (χ3v) is 5.32. The highest BCUT2D eigenvalue weighted by atomic mass is 16.2. The van der Waals surface area contributed by atoms with Crippen molar-refractivity contribution in [1.29, 1.82) is 0 Å². The number of rotatable bonds is 5. The number of benzene rings is 2. The molecule has 0 radical (unpaired) electrons. The van der Waals surface area contributed by atoms with Gasteiger partial charge in [-0.25, -0.2) is 4.98 Å². The molecule has 0 aliphatic carbocycles. The molecule has 2 aromatic carbocycles. The Kier molecular flexibility index (Phi) is 5.28. The third kappa shape index (κ3) is 3.92. The van der Waals surface area contributed by atoms with E-state index in [-0.39, 0.29) is 11.9 Å². The molecule has 138 valence electrons. The first-order chi connectivity index (χ1) is 13.3. The molecule has 1 fully saturated rings. The molecule has 1 aliphatic heterocycles. The highest BCUT2D eigenvalue weighted by Crippen LogP contribution is 2.27. The van der Waals surface area contributed by atoms with E-state index in [0.717, 1.165) is 37.8 Å². The van der Waals surface area contributed by atoms with Gasteiger partial charge in [-0.3, -0.25) is 9.89 Å². The predicted octanol–water partition coefficient (Wildman–Crippen LogP) is 4.10. The molecule has 1 atom stereocenters. The molecule has 0 spiro atoms. The first-order valence-corrected chi connectivity index (χ1v) is 9.62. The first kappa shape index (κ1) is 17.5. The standard InChI is InChI=1S/C22H24N4O/c27-22(20-12-5-4-11-19(20)21-23-16-24-25-21)26-15-7-6-10-18(26)14-13-17-8-2-1-3-9-17/h1-5,8-9,11-12,16,18H,6-7,10,13-15H2,(H,23,24,25)/t18-/m1/s1. The van der Waals surface area contributed by atoms with Crippen LogP contribution in [0.2, 0.25) is 0 Å². The summed E-state index contributed by atoms with van der Waals surface area (Å²) >= 11 is 0. The minimum absolute atomic E-state index is 0.0970. The van der Waals surface area contributed by atoms with E-state index in [2.05, 4.69) is 44.3 Å². The van der Waals surface area contributed by atoms with Crippen LogP contribution in [0, 0.1) is 0 Å². The Morgan fingerprint density at radius 2 is 1.89 bits per heavy atom. The van der Waals surface area contributed by atoms with Crippen molar-refractivity contribution in [1.82, 2.24) is 20.1 Å². The molecule has 0 unspecified atom stereocenters. The number of nitrogens with one attached hydrogen (secondary N) is 1. The summed E-state index contributed by atoms with van der Waals surface area (Å²) in [6.45, 7) is 0.822. The fourth-order valence-corrected chi connectivity index (χ4v) is 3.91. The molecule has 1 aliphatic rings. The lowest BCUT2D eigenvalue weighted by Crippen LogP contribution is -2.44. The smallest absolute Gasteiger partial charge is 0.254 e. The van der Waals surface area contributed by atoms with Gasteiger partial charge in [-0.05, 0) is 43.7 Å². The predicted molar refractivity (Wildman–Crippen MR) is 105 cm³/mol. The van der Waals surface area contributed by atoms with Gasteiger partial charge in [0.05, 0.1) is 5.56 Å². The van der Waals surface area contributed by atoms with E-state index in [1.165, 1.54) is 18.3 Å². The maximum absolute atomic E-state index is 13.4. The maximum Gasteiger partial charge on any atom is 0.254 e. The minimum atomic E-state index is 0.0970. The highest BCUT2D eigenvalue weighted by Gasteiger charge is 2.28. The number of aryl methyl sites for hydroxylation is 1. The molecule has 5 nitrogen and oxygen atoms in total. The number of likely N-dealkylation sites (tertiary alicyclic amines) is 1. The van der Waals surface area contributed by atoms with Gasteiger partial charge in [0, 0.05) is 18.2 Å². The van der Waals surface area contributed by atoms with Crippen LogP contribution in [0.3, 0.4) is 0 Å². The molecule has 1 saturated heterocycles. The Balaban J connectivity index is 1.55. The number of hydrogen-bond acceptors (Lipinski definition) is 3. The molecular weight excluding hydrogens is 336 g/mol. The van der Waals surface area contributed by atoms with Gasteiger partial charge in [-0.1, -0.05) is 48.5 Å². The molecular formula is C22H24N4O. The molecule has 3 aromatic rings. The number of amides is 1. The van der Waals surface area contributed by atoms with Crippen molar-refractivity contribution in [3.8, 4) is 11.4 Å². The van der Waals surface area contributed by atoms with Crippen molar-refractivity contribution >= 4 is 5.91 Å². The lowest BCUT2D eigenvalue weighted by atomic mass is 9.94. The molecule has 1 N–H and O–H groups in total. The van der Waals surface area contributed by atoms with Crippen molar-refractivity contribution in [3.63, 3.8) is 0 Å². The molecule has 2 heterocycles. The largest absolute Gasteiger partial charge is 0.336 e. The fourth-order valence-electron chi connectivity index (χ4n) is 3.91. The van der Waals surface area contributed by atoms with E-state index in [4.69, 9.17) is 0 Å². The van der Waals surface area contributed by atoms with Crippen LogP contribution in [0.25, 0.3) is 11.4 Å². The number of hydrogen-bond donors (Lipinski definition) is 1. The Bertz CT molecular complexity index is 876. The van der Waals surface area contributed by atoms with Gasteiger partial charge < -0.3 is 4.90 Å². The lowest BCUT2D eigenvalue weighted by Gasteiger charge is -2.36. The second kappa shape index (κ2) is 8.16. The third-order valence-electron chi connectivity index (χ3n) is 5.32. The summed E-state index contributed by atoms with van der Waals surface area (Å²) in [4.78, 5) is 19.7. The normalized spacial score (nSPS) is 17.0. The Morgan fingerprint density at radius 1 is 1.07 bits per heavy atom.